The fourth-order valence-corrected chi connectivity index (χ4v) is 3.00. The number of esters is 2. The Bertz CT molecular complexity index is 301. The van der Waals surface area contributed by atoms with Gasteiger partial charge in [-0.15, -0.1) is 0 Å². The van der Waals surface area contributed by atoms with Crippen LogP contribution in [-0.4, -0.2) is 38.0 Å². The van der Waals surface area contributed by atoms with Gasteiger partial charge in [0.25, 0.3) is 0 Å². The Morgan fingerprint density at radius 3 is 1.72 bits per heavy atom. The first-order chi connectivity index (χ1) is 8.25. The predicted molar refractivity (Wildman–Crippen MR) is 69.2 cm³/mol. The molecule has 0 aliphatic heterocycles. The molecule has 0 unspecified atom stereocenters. The van der Waals surface area contributed by atoms with E-state index < -0.39 is 19.3 Å². The van der Waals surface area contributed by atoms with E-state index in [-0.39, 0.29) is 13.6 Å². The molecule has 0 aliphatic rings. The van der Waals surface area contributed by atoms with Crippen LogP contribution in [0.1, 0.15) is 27.7 Å². The van der Waals surface area contributed by atoms with Gasteiger partial charge in [-0.3, -0.25) is 9.59 Å². The number of hydrogen-bond donors (Lipinski definition) is 0. The Labute approximate surface area is 108 Å². The Morgan fingerprint density at radius 1 is 1.06 bits per heavy atom. The van der Waals surface area contributed by atoms with Crippen molar-refractivity contribution in [2.75, 3.05) is 19.7 Å². The minimum absolute atomic E-state index is 0.209. The zero-order chi connectivity index (χ0) is 14.2. The van der Waals surface area contributed by atoms with Gasteiger partial charge in [0.05, 0.1) is 0 Å². The third kappa shape index (κ3) is 9.22. The van der Waals surface area contributed by atoms with Gasteiger partial charge in [0.15, 0.2) is 13.6 Å². The second-order valence-electron chi connectivity index (χ2n) is 4.16. The lowest BCUT2D eigenvalue weighted by molar-refractivity contribution is -0.148. The number of carbonyl (C=O) groups is 2. The summed E-state index contributed by atoms with van der Waals surface area (Å²) in [4.78, 5) is 21.3. The summed E-state index contributed by atoms with van der Waals surface area (Å²) < 4.78 is 20.1. The van der Waals surface area contributed by atoms with Crippen molar-refractivity contribution >= 4 is 25.6 Å². The number of carbonyl (C=O) groups excluding carboxylic acids is 2. The second kappa shape index (κ2) is 8.29. The van der Waals surface area contributed by atoms with Gasteiger partial charge in [0, 0.05) is 20.0 Å². The summed E-state index contributed by atoms with van der Waals surface area (Å²) in [7, 11) is -2.44. The molecule has 0 saturated carbocycles. The van der Waals surface area contributed by atoms with E-state index in [1.54, 1.807) is 0 Å². The van der Waals surface area contributed by atoms with Crippen LogP contribution in [-0.2, 0) is 28.1 Å². The third-order valence-corrected chi connectivity index (χ3v) is 4.18. The molecule has 6 nitrogen and oxygen atoms in total. The minimum Gasteiger partial charge on any atom is -0.438 e. The molecular formula is C11H21O6P. The molecule has 18 heavy (non-hydrogen) atoms. The lowest BCUT2D eigenvalue weighted by atomic mass is 10.3. The van der Waals surface area contributed by atoms with Crippen molar-refractivity contribution in [2.45, 2.75) is 27.7 Å². The molecule has 0 spiro atoms. The van der Waals surface area contributed by atoms with Crippen LogP contribution in [0.5, 0.6) is 0 Å². The summed E-state index contributed by atoms with van der Waals surface area (Å²) in [5.74, 6) is -0.581. The van der Waals surface area contributed by atoms with E-state index in [1.807, 2.05) is 13.8 Å². The van der Waals surface area contributed by atoms with Crippen LogP contribution in [0.3, 0.4) is 0 Å². The average Bonchev–Trinajstić information content (AvgIpc) is 2.14. The van der Waals surface area contributed by atoms with Gasteiger partial charge in [-0.05, 0) is 5.92 Å². The maximum absolute atomic E-state index is 10.6. The van der Waals surface area contributed by atoms with Crippen LogP contribution >= 0.6 is 7.34 Å². The number of rotatable bonds is 8. The van der Waals surface area contributed by atoms with Crippen molar-refractivity contribution < 1.29 is 28.1 Å². The molecule has 0 aliphatic carbocycles. The van der Waals surface area contributed by atoms with Crippen molar-refractivity contribution in [3.63, 3.8) is 0 Å². The SMILES string of the molecule is C=P(CC(C)C)(OCOC(C)=O)OCOC(C)=O. The normalized spacial score (nSPS) is 11.4. The molecular weight excluding hydrogens is 259 g/mol. The van der Waals surface area contributed by atoms with E-state index in [2.05, 4.69) is 15.8 Å². The van der Waals surface area contributed by atoms with Gasteiger partial charge in [-0.1, -0.05) is 20.1 Å². The van der Waals surface area contributed by atoms with Gasteiger partial charge >= 0.3 is 11.9 Å². The number of ether oxygens (including phenoxy) is 2. The van der Waals surface area contributed by atoms with Crippen LogP contribution in [0.4, 0.5) is 0 Å². The highest BCUT2D eigenvalue weighted by Gasteiger charge is 2.19. The van der Waals surface area contributed by atoms with Crippen LogP contribution in [0.15, 0.2) is 0 Å². The number of hydrogen-bond acceptors (Lipinski definition) is 6. The monoisotopic (exact) mass is 280 g/mol. The standard InChI is InChI=1S/C11H21O6P/c1-9(2)6-18(5,16-7-14-10(3)12)17-8-15-11(4)13/h9H,5-8H2,1-4H3. The Kier molecular flexibility index (Phi) is 7.91. The maximum Gasteiger partial charge on any atom is 0.304 e. The lowest BCUT2D eigenvalue weighted by Crippen LogP contribution is -2.12. The molecule has 0 rings (SSSR count). The molecule has 0 saturated heterocycles. The Balaban J connectivity index is 4.28. The summed E-state index contributed by atoms with van der Waals surface area (Å²) >= 11 is 0. The zero-order valence-electron chi connectivity index (χ0n) is 11.3. The molecule has 0 atom stereocenters. The van der Waals surface area contributed by atoms with Gasteiger partial charge in [0.2, 0.25) is 0 Å². The van der Waals surface area contributed by atoms with E-state index in [1.165, 1.54) is 13.8 Å². The molecule has 0 aromatic carbocycles. The molecule has 0 heterocycles. The first kappa shape index (κ1) is 17.2. The van der Waals surface area contributed by atoms with E-state index in [0.29, 0.717) is 12.1 Å². The predicted octanol–water partition coefficient (Wildman–Crippen LogP) is 2.00. The molecule has 0 fully saturated rings. The molecule has 0 radical (unpaired) electrons. The van der Waals surface area contributed by atoms with Gasteiger partial charge in [-0.2, -0.15) is 0 Å². The van der Waals surface area contributed by atoms with E-state index in [4.69, 9.17) is 9.05 Å². The molecule has 7 heteroatoms. The van der Waals surface area contributed by atoms with Crippen molar-refractivity contribution in [3.05, 3.63) is 0 Å². The van der Waals surface area contributed by atoms with Crippen LogP contribution in [0.25, 0.3) is 0 Å². The quantitative estimate of drug-likeness (QED) is 0.385. The summed E-state index contributed by atoms with van der Waals surface area (Å²) in [6.07, 6.45) is 4.47. The largest absolute Gasteiger partial charge is 0.438 e. The van der Waals surface area contributed by atoms with Crippen molar-refractivity contribution in [1.82, 2.24) is 0 Å². The first-order valence-corrected chi connectivity index (χ1v) is 7.53. The van der Waals surface area contributed by atoms with Crippen LogP contribution < -0.4 is 0 Å². The summed E-state index contributed by atoms with van der Waals surface area (Å²) in [6, 6.07) is 0. The minimum atomic E-state index is -2.44. The Hall–Kier alpha value is -0.840. The fraction of sp³-hybridized carbons (Fsp3) is 0.727. The maximum atomic E-state index is 10.6. The smallest absolute Gasteiger partial charge is 0.304 e. The highest BCUT2D eigenvalue weighted by Crippen LogP contribution is 2.49. The van der Waals surface area contributed by atoms with E-state index >= 15 is 0 Å². The molecule has 0 aromatic rings. The zero-order valence-corrected chi connectivity index (χ0v) is 12.2. The van der Waals surface area contributed by atoms with Crippen LogP contribution in [0, 0.1) is 5.92 Å². The summed E-state index contributed by atoms with van der Waals surface area (Å²) in [6.45, 7) is 6.14. The first-order valence-electron chi connectivity index (χ1n) is 5.53. The van der Waals surface area contributed by atoms with Crippen molar-refractivity contribution in [1.29, 1.82) is 0 Å². The topological polar surface area (TPSA) is 71.1 Å². The average molecular weight is 280 g/mol. The highest BCUT2D eigenvalue weighted by atomic mass is 31.2. The van der Waals surface area contributed by atoms with E-state index in [0.717, 1.165) is 0 Å². The second-order valence-corrected chi connectivity index (χ2v) is 6.67. The van der Waals surface area contributed by atoms with Gasteiger partial charge in [-0.25, -0.2) is 0 Å². The van der Waals surface area contributed by atoms with Crippen LogP contribution in [0.2, 0.25) is 0 Å². The summed E-state index contributed by atoms with van der Waals surface area (Å²) in [5.41, 5.74) is 0. The van der Waals surface area contributed by atoms with Crippen molar-refractivity contribution in [2.24, 2.45) is 5.92 Å². The molecule has 106 valence electrons. The fourth-order valence-electron chi connectivity index (χ4n) is 1.11. The Morgan fingerprint density at radius 2 is 1.44 bits per heavy atom. The van der Waals surface area contributed by atoms with Gasteiger partial charge in [0.1, 0.15) is 7.34 Å². The van der Waals surface area contributed by atoms with Gasteiger partial charge < -0.3 is 18.5 Å². The highest BCUT2D eigenvalue weighted by molar-refractivity contribution is 7.64. The molecule has 0 N–H and O–H groups in total. The van der Waals surface area contributed by atoms with Crippen molar-refractivity contribution in [3.8, 4) is 0 Å². The third-order valence-electron chi connectivity index (χ3n) is 1.74. The molecule has 0 aromatic heterocycles. The lowest BCUT2D eigenvalue weighted by Gasteiger charge is -2.25. The molecule has 0 amide bonds. The van der Waals surface area contributed by atoms with E-state index in [9.17, 15) is 9.59 Å². The summed E-state index contributed by atoms with van der Waals surface area (Å²) in [5, 5.41) is 0. The molecule has 0 bridgehead atoms.